The fourth-order valence-corrected chi connectivity index (χ4v) is 1.58. The van der Waals surface area contributed by atoms with Crippen LogP contribution in [0.2, 0.25) is 10.0 Å². The van der Waals surface area contributed by atoms with Gasteiger partial charge in [-0.2, -0.15) is 0 Å². The molecule has 1 unspecified atom stereocenters. The summed E-state index contributed by atoms with van der Waals surface area (Å²) in [5, 5.41) is 14.9. The highest BCUT2D eigenvalue weighted by Crippen LogP contribution is 2.25. The van der Waals surface area contributed by atoms with E-state index in [1.54, 1.807) is 25.1 Å². The van der Waals surface area contributed by atoms with Gasteiger partial charge in [-0.15, -0.1) is 0 Å². The zero-order chi connectivity index (χ0) is 12.8. The second-order valence-corrected chi connectivity index (χ2v) is 4.48. The number of amides is 2. The van der Waals surface area contributed by atoms with Gasteiger partial charge in [0.05, 0.1) is 10.7 Å². The van der Waals surface area contributed by atoms with Crippen LogP contribution >= 0.6 is 23.2 Å². The Hall–Kier alpha value is -0.970. The van der Waals surface area contributed by atoms with Crippen LogP contribution in [-0.4, -0.2) is 23.8 Å². The largest absolute Gasteiger partial charge is 0.396 e. The van der Waals surface area contributed by atoms with Crippen molar-refractivity contribution in [3.05, 3.63) is 28.2 Å². The van der Waals surface area contributed by atoms with E-state index in [0.29, 0.717) is 22.2 Å². The lowest BCUT2D eigenvalue weighted by Gasteiger charge is -2.14. The van der Waals surface area contributed by atoms with E-state index in [1.165, 1.54) is 0 Å². The highest BCUT2D eigenvalue weighted by atomic mass is 35.5. The molecule has 0 fully saturated rings. The predicted octanol–water partition coefficient (Wildman–Crippen LogP) is 2.89. The number of aliphatic hydroxyl groups excluding tert-OH is 1. The third-order valence-electron chi connectivity index (χ3n) is 2.12. The molecule has 0 aliphatic rings. The molecule has 1 rings (SSSR count). The summed E-state index contributed by atoms with van der Waals surface area (Å²) in [4.78, 5) is 11.6. The zero-order valence-electron chi connectivity index (χ0n) is 9.34. The van der Waals surface area contributed by atoms with Crippen molar-refractivity contribution >= 4 is 34.9 Å². The quantitative estimate of drug-likeness (QED) is 0.792. The van der Waals surface area contributed by atoms with Crippen molar-refractivity contribution in [3.63, 3.8) is 0 Å². The molecular weight excluding hydrogens is 263 g/mol. The summed E-state index contributed by atoms with van der Waals surface area (Å²) >= 11 is 11.7. The number of carbonyl (C=O) groups is 1. The molecule has 0 saturated carbocycles. The van der Waals surface area contributed by atoms with Crippen molar-refractivity contribution in [1.29, 1.82) is 0 Å². The lowest BCUT2D eigenvalue weighted by Crippen LogP contribution is -2.36. The second-order valence-electron chi connectivity index (χ2n) is 3.64. The first-order chi connectivity index (χ1) is 8.02. The predicted molar refractivity (Wildman–Crippen MR) is 69.8 cm³/mol. The van der Waals surface area contributed by atoms with Crippen LogP contribution in [0, 0.1) is 0 Å². The highest BCUT2D eigenvalue weighted by Gasteiger charge is 2.09. The summed E-state index contributed by atoms with van der Waals surface area (Å²) < 4.78 is 0. The number of benzene rings is 1. The van der Waals surface area contributed by atoms with Gasteiger partial charge >= 0.3 is 6.03 Å². The molecule has 6 heteroatoms. The van der Waals surface area contributed by atoms with Gasteiger partial charge in [0.15, 0.2) is 0 Å². The van der Waals surface area contributed by atoms with Gasteiger partial charge in [-0.1, -0.05) is 23.2 Å². The summed E-state index contributed by atoms with van der Waals surface area (Å²) in [7, 11) is 0. The second kappa shape index (κ2) is 6.69. The number of nitrogens with one attached hydrogen (secondary N) is 2. The van der Waals surface area contributed by atoms with E-state index in [9.17, 15) is 4.79 Å². The van der Waals surface area contributed by atoms with Crippen molar-refractivity contribution in [1.82, 2.24) is 5.32 Å². The maximum atomic E-state index is 11.6. The number of rotatable bonds is 4. The fraction of sp³-hybridized carbons (Fsp3) is 0.364. The van der Waals surface area contributed by atoms with Crippen LogP contribution in [0.1, 0.15) is 13.3 Å². The molecule has 0 aliphatic heterocycles. The summed E-state index contributed by atoms with van der Waals surface area (Å²) in [5.41, 5.74) is 0.452. The average Bonchev–Trinajstić information content (AvgIpc) is 2.23. The van der Waals surface area contributed by atoms with Crippen molar-refractivity contribution in [2.75, 3.05) is 11.9 Å². The molecular formula is C11H14Cl2N2O2. The highest BCUT2D eigenvalue weighted by molar-refractivity contribution is 6.35. The van der Waals surface area contributed by atoms with Crippen LogP contribution < -0.4 is 10.6 Å². The van der Waals surface area contributed by atoms with Crippen molar-refractivity contribution in [2.24, 2.45) is 0 Å². The number of aliphatic hydroxyl groups is 1. The molecule has 0 radical (unpaired) electrons. The normalized spacial score (nSPS) is 12.0. The topological polar surface area (TPSA) is 61.4 Å². The molecule has 0 saturated heterocycles. The van der Waals surface area contributed by atoms with Gasteiger partial charge in [0.1, 0.15) is 0 Å². The first-order valence-electron chi connectivity index (χ1n) is 5.16. The van der Waals surface area contributed by atoms with Crippen LogP contribution in [0.5, 0.6) is 0 Å². The summed E-state index contributed by atoms with van der Waals surface area (Å²) in [5.74, 6) is 0. The van der Waals surface area contributed by atoms with Crippen LogP contribution in [0.4, 0.5) is 10.5 Å². The molecule has 94 valence electrons. The number of urea groups is 1. The SMILES string of the molecule is CC(CCO)NC(=O)Nc1cc(Cl)ccc1Cl. The van der Waals surface area contributed by atoms with Crippen molar-refractivity contribution < 1.29 is 9.90 Å². The van der Waals surface area contributed by atoms with Crippen LogP contribution in [-0.2, 0) is 0 Å². The molecule has 1 aromatic rings. The summed E-state index contributed by atoms with van der Waals surface area (Å²) in [6.45, 7) is 1.83. The number of hydrogen-bond acceptors (Lipinski definition) is 2. The minimum Gasteiger partial charge on any atom is -0.396 e. The molecule has 0 spiro atoms. The van der Waals surface area contributed by atoms with E-state index < -0.39 is 0 Å². The van der Waals surface area contributed by atoms with Crippen molar-refractivity contribution in [2.45, 2.75) is 19.4 Å². The number of anilines is 1. The Kier molecular flexibility index (Phi) is 5.55. The standard InChI is InChI=1S/C11H14Cl2N2O2/c1-7(4-5-16)14-11(17)15-10-6-8(12)2-3-9(10)13/h2-3,6-7,16H,4-5H2,1H3,(H2,14,15,17). The molecule has 1 aromatic carbocycles. The van der Waals surface area contributed by atoms with Gasteiger partial charge in [0, 0.05) is 17.7 Å². The molecule has 3 N–H and O–H groups in total. The van der Waals surface area contributed by atoms with E-state index in [4.69, 9.17) is 28.3 Å². The first kappa shape index (κ1) is 14.1. The Morgan fingerprint density at radius 2 is 2.18 bits per heavy atom. The molecule has 0 aromatic heterocycles. The van der Waals surface area contributed by atoms with E-state index in [2.05, 4.69) is 10.6 Å². The zero-order valence-corrected chi connectivity index (χ0v) is 10.8. The van der Waals surface area contributed by atoms with Crippen LogP contribution in [0.25, 0.3) is 0 Å². The van der Waals surface area contributed by atoms with Crippen molar-refractivity contribution in [3.8, 4) is 0 Å². The van der Waals surface area contributed by atoms with E-state index in [1.807, 2.05) is 0 Å². The smallest absolute Gasteiger partial charge is 0.319 e. The molecule has 2 amide bonds. The van der Waals surface area contributed by atoms with Gasteiger partial charge in [0.25, 0.3) is 0 Å². The Bertz CT molecular complexity index is 399. The summed E-state index contributed by atoms with van der Waals surface area (Å²) in [6.07, 6.45) is 0.497. The van der Waals surface area contributed by atoms with Gasteiger partial charge in [-0.05, 0) is 31.5 Å². The molecule has 0 aliphatic carbocycles. The first-order valence-corrected chi connectivity index (χ1v) is 5.92. The fourth-order valence-electron chi connectivity index (χ4n) is 1.24. The lowest BCUT2D eigenvalue weighted by atomic mass is 10.2. The average molecular weight is 277 g/mol. The van der Waals surface area contributed by atoms with Gasteiger partial charge < -0.3 is 15.7 Å². The molecule has 4 nitrogen and oxygen atoms in total. The van der Waals surface area contributed by atoms with E-state index in [-0.39, 0.29) is 18.7 Å². The van der Waals surface area contributed by atoms with Crippen LogP contribution in [0.3, 0.4) is 0 Å². The molecule has 0 heterocycles. The third-order valence-corrected chi connectivity index (χ3v) is 2.68. The number of hydrogen-bond donors (Lipinski definition) is 3. The number of carbonyl (C=O) groups excluding carboxylic acids is 1. The van der Waals surface area contributed by atoms with Gasteiger partial charge in [-0.25, -0.2) is 4.79 Å². The van der Waals surface area contributed by atoms with Crippen LogP contribution in [0.15, 0.2) is 18.2 Å². The Labute approximate surface area is 110 Å². The molecule has 1 atom stereocenters. The third kappa shape index (κ3) is 4.81. The molecule has 17 heavy (non-hydrogen) atoms. The monoisotopic (exact) mass is 276 g/mol. The Morgan fingerprint density at radius 1 is 1.47 bits per heavy atom. The number of halogens is 2. The maximum absolute atomic E-state index is 11.6. The molecule has 0 bridgehead atoms. The summed E-state index contributed by atoms with van der Waals surface area (Å²) in [6, 6.07) is 4.33. The van der Waals surface area contributed by atoms with Gasteiger partial charge in [0.2, 0.25) is 0 Å². The Morgan fingerprint density at radius 3 is 2.82 bits per heavy atom. The minimum absolute atomic E-state index is 0.0272. The van der Waals surface area contributed by atoms with Gasteiger partial charge in [-0.3, -0.25) is 0 Å². The van der Waals surface area contributed by atoms with E-state index >= 15 is 0 Å². The lowest BCUT2D eigenvalue weighted by molar-refractivity contribution is 0.241. The maximum Gasteiger partial charge on any atom is 0.319 e. The Balaban J connectivity index is 2.58. The van der Waals surface area contributed by atoms with E-state index in [0.717, 1.165) is 0 Å². The minimum atomic E-state index is -0.380.